The minimum Gasteiger partial charge on any atom is -0.480 e. The topological polar surface area (TPSA) is 93.9 Å². The van der Waals surface area contributed by atoms with Crippen LogP contribution in [0.15, 0.2) is 18.3 Å². The van der Waals surface area contributed by atoms with Crippen LogP contribution >= 0.6 is 0 Å². The van der Waals surface area contributed by atoms with Gasteiger partial charge in [-0.15, -0.1) is 0 Å². The van der Waals surface area contributed by atoms with Crippen LogP contribution in [0.25, 0.3) is 0 Å². The Kier molecular flexibility index (Phi) is 2.91. The van der Waals surface area contributed by atoms with Gasteiger partial charge in [0.1, 0.15) is 23.2 Å². The molecule has 21 heavy (non-hydrogen) atoms. The zero-order chi connectivity index (χ0) is 15.1. The van der Waals surface area contributed by atoms with Gasteiger partial charge in [-0.1, -0.05) is 6.07 Å². The van der Waals surface area contributed by atoms with Crippen LogP contribution in [0.1, 0.15) is 27.0 Å². The van der Waals surface area contributed by atoms with Crippen molar-refractivity contribution in [1.29, 1.82) is 5.26 Å². The van der Waals surface area contributed by atoms with Crippen LogP contribution in [0.3, 0.4) is 0 Å². The van der Waals surface area contributed by atoms with E-state index in [0.29, 0.717) is 6.42 Å². The number of nitrogen functional groups attached to an aromatic ring is 1. The molecule has 6 nitrogen and oxygen atoms in total. The molecular formula is C15H14N4O2. The van der Waals surface area contributed by atoms with Gasteiger partial charge in [-0.2, -0.15) is 15.0 Å². The van der Waals surface area contributed by atoms with Crippen LogP contribution in [-0.4, -0.2) is 21.8 Å². The fourth-order valence-corrected chi connectivity index (χ4v) is 2.41. The fraction of sp³-hybridized carbons (Fsp3) is 0.267. The zero-order valence-corrected chi connectivity index (χ0v) is 11.8. The molecule has 0 bridgehead atoms. The van der Waals surface area contributed by atoms with Crippen molar-refractivity contribution in [3.8, 4) is 11.8 Å². The quantitative estimate of drug-likeness (QED) is 0.857. The first kappa shape index (κ1) is 13.2. The molecule has 2 heterocycles. The summed E-state index contributed by atoms with van der Waals surface area (Å²) in [4.78, 5) is 12.4. The molecule has 1 aromatic heterocycles. The van der Waals surface area contributed by atoms with Crippen LogP contribution in [0.2, 0.25) is 0 Å². The van der Waals surface area contributed by atoms with Crippen LogP contribution in [0.5, 0.6) is 5.75 Å². The van der Waals surface area contributed by atoms with Crippen LogP contribution in [-0.2, 0) is 6.42 Å². The van der Waals surface area contributed by atoms with E-state index in [1.54, 1.807) is 0 Å². The molecule has 0 aliphatic carbocycles. The van der Waals surface area contributed by atoms with E-state index in [4.69, 9.17) is 15.7 Å². The van der Waals surface area contributed by atoms with Gasteiger partial charge in [0.2, 0.25) is 0 Å². The molecule has 106 valence electrons. The van der Waals surface area contributed by atoms with E-state index in [2.05, 4.69) is 5.10 Å². The molecule has 1 atom stereocenters. The minimum atomic E-state index is -0.657. The third kappa shape index (κ3) is 2.03. The summed E-state index contributed by atoms with van der Waals surface area (Å²) in [5, 5.41) is 12.7. The third-order valence-electron chi connectivity index (χ3n) is 3.76. The maximum absolute atomic E-state index is 12.4. The van der Waals surface area contributed by atoms with E-state index in [0.717, 1.165) is 27.1 Å². The van der Waals surface area contributed by atoms with Crippen LogP contribution in [0.4, 0.5) is 5.82 Å². The standard InChI is InChI=1S/C15H14N4O2/c1-8-3-10-5-13(21-12(10)4-9(8)2)15(20)19-14(17)11(6-16)7-18-19/h3-4,7,13H,5,17H2,1-2H3/t13-/m0/s1. The van der Waals surface area contributed by atoms with Crippen molar-refractivity contribution in [3.05, 3.63) is 40.6 Å². The van der Waals surface area contributed by atoms with Crippen molar-refractivity contribution in [2.45, 2.75) is 26.4 Å². The molecule has 0 spiro atoms. The van der Waals surface area contributed by atoms with Gasteiger partial charge in [0, 0.05) is 6.42 Å². The highest BCUT2D eigenvalue weighted by atomic mass is 16.5. The van der Waals surface area contributed by atoms with Crippen molar-refractivity contribution in [2.75, 3.05) is 5.73 Å². The molecule has 6 heteroatoms. The second-order valence-corrected chi connectivity index (χ2v) is 5.16. The number of fused-ring (bicyclic) bond motifs is 1. The first-order valence-corrected chi connectivity index (χ1v) is 6.56. The molecule has 1 aliphatic heterocycles. The molecule has 2 aromatic rings. The van der Waals surface area contributed by atoms with Crippen molar-refractivity contribution in [1.82, 2.24) is 9.78 Å². The van der Waals surface area contributed by atoms with Crippen LogP contribution in [0, 0.1) is 25.2 Å². The Labute approximate surface area is 121 Å². The van der Waals surface area contributed by atoms with Crippen molar-refractivity contribution < 1.29 is 9.53 Å². The van der Waals surface area contributed by atoms with E-state index >= 15 is 0 Å². The molecule has 0 unspecified atom stereocenters. The van der Waals surface area contributed by atoms with Gasteiger partial charge in [0.15, 0.2) is 6.10 Å². The maximum Gasteiger partial charge on any atom is 0.290 e. The Morgan fingerprint density at radius 2 is 2.19 bits per heavy atom. The summed E-state index contributed by atoms with van der Waals surface area (Å²) < 4.78 is 6.74. The molecular weight excluding hydrogens is 268 g/mol. The van der Waals surface area contributed by atoms with Crippen LogP contribution < -0.4 is 10.5 Å². The average molecular weight is 282 g/mol. The van der Waals surface area contributed by atoms with Crippen molar-refractivity contribution >= 4 is 11.7 Å². The van der Waals surface area contributed by atoms with Crippen molar-refractivity contribution in [3.63, 3.8) is 0 Å². The number of nitrogens with two attached hydrogens (primary N) is 1. The maximum atomic E-state index is 12.4. The molecule has 1 aliphatic rings. The monoisotopic (exact) mass is 282 g/mol. The number of nitrogens with zero attached hydrogens (tertiary/aromatic N) is 3. The number of carbonyl (C=O) groups excluding carboxylic acids is 1. The average Bonchev–Trinajstić information content (AvgIpc) is 3.02. The second-order valence-electron chi connectivity index (χ2n) is 5.16. The molecule has 0 fully saturated rings. The smallest absolute Gasteiger partial charge is 0.290 e. The number of benzene rings is 1. The normalized spacial score (nSPS) is 16.1. The van der Waals surface area contributed by atoms with Gasteiger partial charge in [-0.05, 0) is 36.6 Å². The Bertz CT molecular complexity index is 755. The van der Waals surface area contributed by atoms with Crippen molar-refractivity contribution in [2.24, 2.45) is 0 Å². The van der Waals surface area contributed by atoms with Gasteiger partial charge in [0.05, 0.1) is 6.20 Å². The Morgan fingerprint density at radius 1 is 1.48 bits per heavy atom. The third-order valence-corrected chi connectivity index (χ3v) is 3.76. The van der Waals surface area contributed by atoms with E-state index in [1.807, 2.05) is 32.0 Å². The van der Waals surface area contributed by atoms with E-state index < -0.39 is 6.10 Å². The van der Waals surface area contributed by atoms with E-state index in [-0.39, 0.29) is 17.3 Å². The molecule has 0 radical (unpaired) electrons. The highest BCUT2D eigenvalue weighted by molar-refractivity contribution is 5.87. The highest BCUT2D eigenvalue weighted by Gasteiger charge is 2.32. The lowest BCUT2D eigenvalue weighted by Crippen LogP contribution is -2.32. The Morgan fingerprint density at radius 3 is 2.86 bits per heavy atom. The molecule has 0 saturated heterocycles. The summed E-state index contributed by atoms with van der Waals surface area (Å²) in [5.74, 6) is 0.414. The summed E-state index contributed by atoms with van der Waals surface area (Å²) in [6.45, 7) is 4.02. The number of rotatable bonds is 1. The van der Waals surface area contributed by atoms with Gasteiger partial charge >= 0.3 is 0 Å². The lowest BCUT2D eigenvalue weighted by molar-refractivity contribution is 0.0720. The zero-order valence-electron chi connectivity index (χ0n) is 11.8. The number of carbonyl (C=O) groups is 1. The lowest BCUT2D eigenvalue weighted by atomic mass is 10.0. The minimum absolute atomic E-state index is 0.0504. The number of hydrogen-bond acceptors (Lipinski definition) is 5. The number of hydrogen-bond donors (Lipinski definition) is 1. The summed E-state index contributed by atoms with van der Waals surface area (Å²) in [6, 6.07) is 5.86. The number of ether oxygens (including phenoxy) is 1. The number of aryl methyl sites for hydroxylation is 2. The first-order chi connectivity index (χ1) is 10.0. The number of aromatic nitrogens is 2. The Hall–Kier alpha value is -2.81. The molecule has 3 rings (SSSR count). The van der Waals surface area contributed by atoms with Gasteiger partial charge in [0.25, 0.3) is 5.91 Å². The molecule has 1 aromatic carbocycles. The molecule has 2 N–H and O–H groups in total. The summed E-state index contributed by atoms with van der Waals surface area (Å²) in [7, 11) is 0. The molecule has 0 amide bonds. The Balaban J connectivity index is 1.89. The predicted octanol–water partition coefficient (Wildman–Crippen LogP) is 1.60. The fourth-order valence-electron chi connectivity index (χ4n) is 2.41. The first-order valence-electron chi connectivity index (χ1n) is 6.56. The summed E-state index contributed by atoms with van der Waals surface area (Å²) >= 11 is 0. The number of anilines is 1. The SMILES string of the molecule is Cc1cc2c(cc1C)O[C@H](C(=O)n1ncc(C#N)c1N)C2. The molecule has 0 saturated carbocycles. The largest absolute Gasteiger partial charge is 0.480 e. The van der Waals surface area contributed by atoms with Gasteiger partial charge in [-0.25, -0.2) is 0 Å². The van der Waals surface area contributed by atoms with Gasteiger partial charge in [-0.3, -0.25) is 4.79 Å². The summed E-state index contributed by atoms with van der Waals surface area (Å²) in [5.41, 5.74) is 9.21. The number of nitriles is 1. The highest BCUT2D eigenvalue weighted by Crippen LogP contribution is 2.32. The van der Waals surface area contributed by atoms with E-state index in [9.17, 15) is 4.79 Å². The summed E-state index contributed by atoms with van der Waals surface area (Å²) in [6.07, 6.45) is 1.11. The predicted molar refractivity (Wildman–Crippen MR) is 76.0 cm³/mol. The lowest BCUT2D eigenvalue weighted by Gasteiger charge is -2.10. The van der Waals surface area contributed by atoms with E-state index in [1.165, 1.54) is 6.20 Å². The van der Waals surface area contributed by atoms with Gasteiger partial charge < -0.3 is 10.5 Å². The second kappa shape index (κ2) is 4.63.